The third-order valence-electron chi connectivity index (χ3n) is 0. The summed E-state index contributed by atoms with van der Waals surface area (Å²) in [7, 11) is 0. The van der Waals surface area contributed by atoms with Crippen molar-refractivity contribution >= 4 is 24.4 Å². The van der Waals surface area contributed by atoms with E-state index in [9.17, 15) is 0 Å². The summed E-state index contributed by atoms with van der Waals surface area (Å²) < 4.78 is 0. The summed E-state index contributed by atoms with van der Waals surface area (Å²) in [5.41, 5.74) is 0. The van der Waals surface area contributed by atoms with Gasteiger partial charge in [-0.15, -0.1) is 0 Å². The molecule has 0 spiro atoms. The van der Waals surface area contributed by atoms with Crippen LogP contribution in [0.5, 0.6) is 0 Å². The molecular weight excluding hydrogens is 236 g/mol. The van der Waals surface area contributed by atoms with Crippen molar-refractivity contribution in [3.05, 3.63) is 0 Å². The zero-order valence-corrected chi connectivity index (χ0v) is 7.01. The van der Waals surface area contributed by atoms with Crippen LogP contribution in [0.25, 0.3) is 0 Å². The topological polar surface area (TPSA) is 0 Å². The molecule has 0 saturated carbocycles. The molecule has 6 radical (unpaired) electrons. The Kier molecular flexibility index (Phi) is 321000. The van der Waals surface area contributed by atoms with E-state index in [0.717, 1.165) is 0 Å². The Morgan fingerprint density at radius 2 is 0.429 bits per heavy atom. The first-order chi connectivity index (χ1) is 0. The molecule has 0 rings (SSSR count). The minimum atomic E-state index is 0. The van der Waals surface area contributed by atoms with Gasteiger partial charge >= 0.3 is 25.9 Å². The first-order valence-electron chi connectivity index (χ1n) is 0. The van der Waals surface area contributed by atoms with E-state index in [4.69, 9.17) is 0 Å². The summed E-state index contributed by atoms with van der Waals surface area (Å²) in [4.78, 5) is 0. The molecule has 7 heteroatoms. The second kappa shape index (κ2) is 1180. The van der Waals surface area contributed by atoms with Gasteiger partial charge in [-0.2, -0.15) is 0 Å². The zero-order valence-electron chi connectivity index (χ0n) is 3.97. The molecule has 7 heavy (non-hydrogen) atoms. The van der Waals surface area contributed by atoms with Crippen LogP contribution >= 0.6 is 0 Å². The summed E-state index contributed by atoms with van der Waals surface area (Å²) in [5, 5.41) is 0. The van der Waals surface area contributed by atoms with Crippen molar-refractivity contribution in [3.8, 4) is 0 Å². The minimum absolute atomic E-state index is 0. The Labute approximate surface area is 54.8 Å². The van der Waals surface area contributed by atoms with E-state index in [-0.39, 0.29) is 54.1 Å². The molecule has 0 heterocycles. The fourth-order valence-electron chi connectivity index (χ4n) is 0. The van der Waals surface area contributed by atoms with Crippen LogP contribution in [0, 0.1) is 0 Å². The average molecular weight is 240 g/mol. The molecule has 0 aromatic rings. The number of rotatable bonds is 0. The van der Waals surface area contributed by atoms with Crippen LogP contribution in [-0.4, -0.2) is 24.4 Å². The van der Waals surface area contributed by atoms with Crippen molar-refractivity contribution in [3.63, 3.8) is 0 Å². The molecule has 0 fully saturated rings. The van der Waals surface area contributed by atoms with Crippen LogP contribution in [0.15, 0.2) is 0 Å². The Balaban J connectivity index is 0. The van der Waals surface area contributed by atoms with Crippen molar-refractivity contribution in [2.45, 2.75) is 0 Å². The summed E-state index contributed by atoms with van der Waals surface area (Å²) in [6.07, 6.45) is 0. The van der Waals surface area contributed by atoms with Gasteiger partial charge in [0.2, 0.25) is 0 Å². The Morgan fingerprint density at radius 1 is 0.429 bits per heavy atom. The van der Waals surface area contributed by atoms with Crippen LogP contribution in [0.2, 0.25) is 0 Å². The van der Waals surface area contributed by atoms with E-state index in [1.165, 1.54) is 0 Å². The van der Waals surface area contributed by atoms with Gasteiger partial charge in [0.1, 0.15) is 0 Å². The monoisotopic (exact) mass is 239 g/mol. The molecule has 0 nitrogen and oxygen atoms in total. The van der Waals surface area contributed by atoms with Gasteiger partial charge in [0.15, 0.2) is 0 Å². The molecule has 0 unspecified atom stereocenters. The molecule has 0 aliphatic heterocycles. The Bertz CT molecular complexity index is 8.49. The van der Waals surface area contributed by atoms with Crippen molar-refractivity contribution in [1.82, 2.24) is 0 Å². The molecule has 0 aliphatic rings. The van der Waals surface area contributed by atoms with Gasteiger partial charge in [0.25, 0.3) is 0 Å². The molecule has 0 N–H and O–H groups in total. The predicted molar refractivity (Wildman–Crippen MR) is 17.7 cm³/mol. The molecule has 0 saturated heterocycles. The van der Waals surface area contributed by atoms with E-state index >= 15 is 0 Å². The molecular formula is H4F6Sb+. The van der Waals surface area contributed by atoms with E-state index < -0.39 is 0 Å². The van der Waals surface area contributed by atoms with Crippen molar-refractivity contribution in [1.29, 1.82) is 0 Å². The van der Waals surface area contributed by atoms with Crippen LogP contribution in [0.3, 0.4) is 0 Å². The summed E-state index contributed by atoms with van der Waals surface area (Å²) >= 11 is 0. The third-order valence-corrected chi connectivity index (χ3v) is 0. The second-order valence-electron chi connectivity index (χ2n) is 0. The van der Waals surface area contributed by atoms with Gasteiger partial charge in [-0.05, 0) is 0 Å². The van der Waals surface area contributed by atoms with Gasteiger partial charge in [-0.25, -0.2) is 0 Å². The quantitative estimate of drug-likeness (QED) is 0.444. The van der Waals surface area contributed by atoms with Gasteiger partial charge in [0, 0.05) is 28.2 Å². The molecule has 0 aromatic carbocycles. The molecule has 50 valence electrons. The first-order valence-corrected chi connectivity index (χ1v) is 0. The van der Waals surface area contributed by atoms with E-state index in [0.29, 0.717) is 0 Å². The molecule has 0 aliphatic carbocycles. The van der Waals surface area contributed by atoms with Gasteiger partial charge < -0.3 is 0 Å². The maximum absolute atomic E-state index is 0. The SMILES string of the molecule is [F].[F].[F].[F].[F].[F].[H+].[SbH3]. The van der Waals surface area contributed by atoms with Crippen LogP contribution < -0.4 is 0 Å². The normalized spacial score (nSPS) is 0. The Hall–Kier alpha value is 0.398. The predicted octanol–water partition coefficient (Wildman–Crippen LogP) is 1.45. The fraction of sp³-hybridized carbons (Fsp3) is 0. The van der Waals surface area contributed by atoms with E-state index in [2.05, 4.69) is 0 Å². The molecule has 0 atom stereocenters. The molecule has 0 bridgehead atoms. The fourth-order valence-corrected chi connectivity index (χ4v) is 0. The van der Waals surface area contributed by atoms with E-state index in [1.54, 1.807) is 0 Å². The average Bonchev–Trinajstić information content (AvgIpc) is 0. The van der Waals surface area contributed by atoms with Crippen LogP contribution in [0.1, 0.15) is 1.43 Å². The zero-order chi connectivity index (χ0) is 0. The van der Waals surface area contributed by atoms with Gasteiger partial charge in [-0.1, -0.05) is 0 Å². The standard InChI is InChI=1S/6F.Sb.3H/p+1. The second-order valence-corrected chi connectivity index (χ2v) is 0. The van der Waals surface area contributed by atoms with Crippen molar-refractivity contribution < 1.29 is 29.7 Å². The van der Waals surface area contributed by atoms with Crippen molar-refractivity contribution in [2.75, 3.05) is 0 Å². The number of hydrogen-bond donors (Lipinski definition) is 0. The third kappa shape index (κ3) is 781. The first kappa shape index (κ1) is 1910. The van der Waals surface area contributed by atoms with Crippen molar-refractivity contribution in [2.24, 2.45) is 0 Å². The molecule has 0 aromatic heterocycles. The van der Waals surface area contributed by atoms with Crippen LogP contribution in [-0.2, 0) is 0 Å². The molecule has 0 amide bonds. The maximum atomic E-state index is 0. The Morgan fingerprint density at radius 3 is 0.429 bits per heavy atom. The van der Waals surface area contributed by atoms with Gasteiger partial charge in [0.05, 0.1) is 0 Å². The van der Waals surface area contributed by atoms with Gasteiger partial charge in [-0.3, -0.25) is 0 Å². The number of halogens is 6. The summed E-state index contributed by atoms with van der Waals surface area (Å²) in [6, 6.07) is 0. The van der Waals surface area contributed by atoms with E-state index in [1.807, 2.05) is 0 Å². The summed E-state index contributed by atoms with van der Waals surface area (Å²) in [6.45, 7) is 0. The summed E-state index contributed by atoms with van der Waals surface area (Å²) in [5.74, 6) is 0. The van der Waals surface area contributed by atoms with Crippen LogP contribution in [0.4, 0.5) is 28.2 Å². The number of hydrogen-bond acceptors (Lipinski definition) is 0.